The Bertz CT molecular complexity index is 238. The molecule has 0 radical (unpaired) electrons. The Hall–Kier alpha value is -1.39. The normalized spacial score (nSPS) is 9.36. The van der Waals surface area contributed by atoms with E-state index >= 15 is 0 Å². The van der Waals surface area contributed by atoms with Crippen molar-refractivity contribution in [1.29, 1.82) is 0 Å². The summed E-state index contributed by atoms with van der Waals surface area (Å²) < 4.78 is 0. The van der Waals surface area contributed by atoms with Crippen LogP contribution in [0.15, 0.2) is 0 Å². The molecule has 0 aliphatic heterocycles. The van der Waals surface area contributed by atoms with Gasteiger partial charge in [0.25, 0.3) is 0 Å². The summed E-state index contributed by atoms with van der Waals surface area (Å²) in [6.07, 6.45) is -0.164. The molecule has 5 heteroatoms. The van der Waals surface area contributed by atoms with Gasteiger partial charge in [-0.25, -0.2) is 0 Å². The summed E-state index contributed by atoms with van der Waals surface area (Å²) in [6.45, 7) is 3.73. The topological polar surface area (TPSA) is 66.5 Å². The number of nitrogens with one attached hydrogen (secondary N) is 1. The highest BCUT2D eigenvalue weighted by atomic mass is 16.2. The second-order valence-electron chi connectivity index (χ2n) is 3.06. The molecular weight excluding hydrogens is 184 g/mol. The first-order valence-corrected chi connectivity index (χ1v) is 4.47. The zero-order chi connectivity index (χ0) is 11.1. The lowest BCUT2D eigenvalue weighted by atomic mass is 10.3. The SMILES string of the molecule is CCN(C)C(=O)CNC(=O)CC(C)=O. The van der Waals surface area contributed by atoms with Gasteiger partial charge in [0.15, 0.2) is 0 Å². The summed E-state index contributed by atoms with van der Waals surface area (Å²) in [5.41, 5.74) is 0. The number of hydrogen-bond acceptors (Lipinski definition) is 3. The van der Waals surface area contributed by atoms with E-state index in [9.17, 15) is 14.4 Å². The van der Waals surface area contributed by atoms with E-state index in [4.69, 9.17) is 0 Å². The van der Waals surface area contributed by atoms with Gasteiger partial charge in [-0.1, -0.05) is 0 Å². The van der Waals surface area contributed by atoms with Crippen LogP contribution >= 0.6 is 0 Å². The summed E-state index contributed by atoms with van der Waals surface area (Å²) in [5, 5.41) is 2.38. The van der Waals surface area contributed by atoms with Crippen LogP contribution < -0.4 is 5.32 Å². The smallest absolute Gasteiger partial charge is 0.241 e. The van der Waals surface area contributed by atoms with Gasteiger partial charge >= 0.3 is 0 Å². The van der Waals surface area contributed by atoms with Crippen LogP contribution in [0.2, 0.25) is 0 Å². The number of ketones is 1. The van der Waals surface area contributed by atoms with Crippen LogP contribution in [0.4, 0.5) is 0 Å². The lowest BCUT2D eigenvalue weighted by Crippen LogP contribution is -2.38. The van der Waals surface area contributed by atoms with Crippen molar-refractivity contribution in [3.8, 4) is 0 Å². The molecule has 0 aromatic rings. The van der Waals surface area contributed by atoms with Gasteiger partial charge in [0.2, 0.25) is 11.8 Å². The van der Waals surface area contributed by atoms with E-state index in [1.54, 1.807) is 7.05 Å². The third kappa shape index (κ3) is 5.29. The molecule has 14 heavy (non-hydrogen) atoms. The van der Waals surface area contributed by atoms with E-state index in [0.29, 0.717) is 6.54 Å². The summed E-state index contributed by atoms with van der Waals surface area (Å²) in [7, 11) is 1.65. The number of likely N-dealkylation sites (N-methyl/N-ethyl adjacent to an activating group) is 1. The minimum Gasteiger partial charge on any atom is -0.347 e. The molecule has 0 spiro atoms. The second-order valence-corrected chi connectivity index (χ2v) is 3.06. The fraction of sp³-hybridized carbons (Fsp3) is 0.667. The first kappa shape index (κ1) is 12.6. The Morgan fingerprint density at radius 3 is 2.29 bits per heavy atom. The molecule has 5 nitrogen and oxygen atoms in total. The van der Waals surface area contributed by atoms with E-state index in [1.165, 1.54) is 11.8 Å². The Morgan fingerprint density at radius 2 is 1.86 bits per heavy atom. The third-order valence-electron chi connectivity index (χ3n) is 1.75. The highest BCUT2D eigenvalue weighted by Gasteiger charge is 2.09. The molecule has 80 valence electrons. The largest absolute Gasteiger partial charge is 0.347 e. The van der Waals surface area contributed by atoms with Gasteiger partial charge in [-0.2, -0.15) is 0 Å². The van der Waals surface area contributed by atoms with Crippen LogP contribution in [-0.2, 0) is 14.4 Å². The standard InChI is InChI=1S/C9H16N2O3/c1-4-11(3)9(14)6-10-8(13)5-7(2)12/h4-6H2,1-3H3,(H,10,13). The van der Waals surface area contributed by atoms with Crippen LogP contribution in [0.1, 0.15) is 20.3 Å². The summed E-state index contributed by atoms with van der Waals surface area (Å²) in [4.78, 5) is 34.2. The van der Waals surface area contributed by atoms with E-state index in [1.807, 2.05) is 6.92 Å². The molecule has 0 aromatic carbocycles. The van der Waals surface area contributed by atoms with Crippen molar-refractivity contribution in [3.05, 3.63) is 0 Å². The number of nitrogens with zero attached hydrogens (tertiary/aromatic N) is 1. The van der Waals surface area contributed by atoms with Crippen molar-refractivity contribution >= 4 is 17.6 Å². The quantitative estimate of drug-likeness (QED) is 0.612. The van der Waals surface area contributed by atoms with E-state index in [2.05, 4.69) is 5.32 Å². The molecule has 0 heterocycles. The van der Waals surface area contributed by atoms with Gasteiger partial charge in [-0.15, -0.1) is 0 Å². The number of carbonyl (C=O) groups excluding carboxylic acids is 3. The second kappa shape index (κ2) is 6.12. The Kier molecular flexibility index (Phi) is 5.52. The lowest BCUT2D eigenvalue weighted by Gasteiger charge is -2.14. The average molecular weight is 200 g/mol. The zero-order valence-corrected chi connectivity index (χ0v) is 8.79. The van der Waals surface area contributed by atoms with Crippen molar-refractivity contribution in [2.75, 3.05) is 20.1 Å². The Balaban J connectivity index is 3.77. The molecule has 0 rings (SSSR count). The van der Waals surface area contributed by atoms with Gasteiger partial charge in [0.1, 0.15) is 5.78 Å². The maximum atomic E-state index is 11.2. The van der Waals surface area contributed by atoms with Gasteiger partial charge in [0, 0.05) is 13.6 Å². The van der Waals surface area contributed by atoms with Gasteiger partial charge in [0.05, 0.1) is 13.0 Å². The molecule has 0 saturated heterocycles. The molecule has 0 bridgehead atoms. The molecule has 0 aromatic heterocycles. The van der Waals surface area contributed by atoms with Crippen LogP contribution in [0.5, 0.6) is 0 Å². The highest BCUT2D eigenvalue weighted by Crippen LogP contribution is 1.84. The van der Waals surface area contributed by atoms with Crippen molar-refractivity contribution < 1.29 is 14.4 Å². The Labute approximate surface area is 83.5 Å². The minimum atomic E-state index is -0.407. The van der Waals surface area contributed by atoms with Crippen LogP contribution in [0.25, 0.3) is 0 Å². The molecule has 0 atom stereocenters. The number of rotatable bonds is 5. The van der Waals surface area contributed by atoms with Crippen molar-refractivity contribution in [1.82, 2.24) is 10.2 Å². The van der Waals surface area contributed by atoms with E-state index < -0.39 is 5.91 Å². The maximum absolute atomic E-state index is 11.2. The van der Waals surface area contributed by atoms with Crippen molar-refractivity contribution in [3.63, 3.8) is 0 Å². The molecule has 0 unspecified atom stereocenters. The van der Waals surface area contributed by atoms with Crippen LogP contribution in [0, 0.1) is 0 Å². The molecule has 0 fully saturated rings. The number of Topliss-reactive ketones (excluding diaryl/α,β-unsaturated/α-hetero) is 1. The van der Waals surface area contributed by atoms with Gasteiger partial charge in [-0.05, 0) is 13.8 Å². The third-order valence-corrected chi connectivity index (χ3v) is 1.75. The Morgan fingerprint density at radius 1 is 1.29 bits per heavy atom. The van der Waals surface area contributed by atoms with Crippen molar-refractivity contribution in [2.45, 2.75) is 20.3 Å². The summed E-state index contributed by atoms with van der Waals surface area (Å²) in [6, 6.07) is 0. The summed E-state index contributed by atoms with van der Waals surface area (Å²) in [5.74, 6) is -0.779. The predicted molar refractivity (Wildman–Crippen MR) is 51.6 cm³/mol. The van der Waals surface area contributed by atoms with E-state index in [0.717, 1.165) is 0 Å². The summed E-state index contributed by atoms with van der Waals surface area (Å²) >= 11 is 0. The predicted octanol–water partition coefficient (Wildman–Crippen LogP) is -0.440. The lowest BCUT2D eigenvalue weighted by molar-refractivity contribution is -0.133. The van der Waals surface area contributed by atoms with Gasteiger partial charge < -0.3 is 10.2 Å². The number of amides is 2. The monoisotopic (exact) mass is 200 g/mol. The average Bonchev–Trinajstić information content (AvgIpc) is 2.11. The molecular formula is C9H16N2O3. The van der Waals surface area contributed by atoms with Crippen LogP contribution in [-0.4, -0.2) is 42.6 Å². The fourth-order valence-electron chi connectivity index (χ4n) is 0.774. The molecule has 1 N–H and O–H groups in total. The van der Waals surface area contributed by atoms with Crippen molar-refractivity contribution in [2.24, 2.45) is 0 Å². The number of hydrogen-bond donors (Lipinski definition) is 1. The van der Waals surface area contributed by atoms with E-state index in [-0.39, 0.29) is 24.7 Å². The van der Waals surface area contributed by atoms with Crippen LogP contribution in [0.3, 0.4) is 0 Å². The molecule has 2 amide bonds. The first-order chi connectivity index (χ1) is 6.47. The highest BCUT2D eigenvalue weighted by molar-refractivity contribution is 5.97. The number of carbonyl (C=O) groups is 3. The zero-order valence-electron chi connectivity index (χ0n) is 8.79. The first-order valence-electron chi connectivity index (χ1n) is 4.47. The maximum Gasteiger partial charge on any atom is 0.241 e. The minimum absolute atomic E-state index is 0.0452. The van der Waals surface area contributed by atoms with Gasteiger partial charge in [-0.3, -0.25) is 14.4 Å². The molecule has 0 saturated carbocycles. The molecule has 0 aliphatic rings. The fourth-order valence-corrected chi connectivity index (χ4v) is 0.774. The molecule has 0 aliphatic carbocycles.